The zero-order chi connectivity index (χ0) is 11.8. The molecule has 92 valence electrons. The van der Waals surface area contributed by atoms with Crippen LogP contribution in [0.25, 0.3) is 0 Å². The Balaban J connectivity index is 1.75. The van der Waals surface area contributed by atoms with E-state index < -0.39 is 0 Å². The number of halogens is 1. The number of hydrogen-bond acceptors (Lipinski definition) is 4. The van der Waals surface area contributed by atoms with Crippen molar-refractivity contribution in [3.05, 3.63) is 17.8 Å². The van der Waals surface area contributed by atoms with Crippen LogP contribution in [0.4, 0.5) is 10.2 Å². The van der Waals surface area contributed by atoms with Crippen LogP contribution in [0.2, 0.25) is 0 Å². The largest absolute Gasteiger partial charge is 0.351 e. The quantitative estimate of drug-likeness (QED) is 0.846. The van der Waals surface area contributed by atoms with Gasteiger partial charge in [-0.2, -0.15) is 0 Å². The van der Waals surface area contributed by atoms with E-state index >= 15 is 0 Å². The average molecular weight is 236 g/mol. The first-order valence-electron chi connectivity index (χ1n) is 6.19. The smallest absolute Gasteiger partial charge is 0.187 e. The van der Waals surface area contributed by atoms with Gasteiger partial charge in [0.25, 0.3) is 0 Å². The number of nitrogens with one attached hydrogen (secondary N) is 1. The number of hydrogen-bond donors (Lipinski definition) is 1. The highest BCUT2D eigenvalue weighted by molar-refractivity contribution is 5.44. The molecule has 2 fully saturated rings. The van der Waals surface area contributed by atoms with Gasteiger partial charge >= 0.3 is 0 Å². The molecule has 0 aromatic carbocycles. The van der Waals surface area contributed by atoms with Crippen molar-refractivity contribution in [1.82, 2.24) is 15.3 Å². The highest BCUT2D eigenvalue weighted by atomic mass is 19.1. The molecule has 1 aromatic heterocycles. The van der Waals surface area contributed by atoms with Crippen LogP contribution >= 0.6 is 0 Å². The first-order chi connectivity index (χ1) is 8.28. The van der Waals surface area contributed by atoms with Crippen LogP contribution in [0.1, 0.15) is 18.5 Å². The summed E-state index contributed by atoms with van der Waals surface area (Å²) in [6, 6.07) is 0.455. The Morgan fingerprint density at radius 2 is 2.18 bits per heavy atom. The Bertz CT molecular complexity index is 413. The van der Waals surface area contributed by atoms with Crippen LogP contribution in [-0.4, -0.2) is 36.1 Å². The molecule has 1 saturated carbocycles. The minimum Gasteiger partial charge on any atom is -0.351 e. The second-order valence-corrected chi connectivity index (χ2v) is 5.00. The Morgan fingerprint density at radius 1 is 1.41 bits per heavy atom. The van der Waals surface area contributed by atoms with Crippen molar-refractivity contribution in [2.45, 2.75) is 25.3 Å². The number of anilines is 1. The normalized spacial score (nSPS) is 20.5. The molecule has 2 heterocycles. The first kappa shape index (κ1) is 10.9. The summed E-state index contributed by atoms with van der Waals surface area (Å²) in [5.41, 5.74) is 0.588. The summed E-state index contributed by atoms with van der Waals surface area (Å²) in [6.45, 7) is 1.65. The molecule has 0 atom stereocenters. The van der Waals surface area contributed by atoms with E-state index in [2.05, 4.69) is 15.3 Å². The summed E-state index contributed by atoms with van der Waals surface area (Å²) in [5, 5.41) is 3.17. The van der Waals surface area contributed by atoms with Gasteiger partial charge in [0.1, 0.15) is 6.33 Å². The minimum absolute atomic E-state index is 0.214. The Morgan fingerprint density at radius 3 is 2.82 bits per heavy atom. The van der Waals surface area contributed by atoms with E-state index in [1.165, 1.54) is 19.2 Å². The van der Waals surface area contributed by atoms with E-state index in [9.17, 15) is 4.39 Å². The number of rotatable bonds is 4. The van der Waals surface area contributed by atoms with Crippen LogP contribution < -0.4 is 10.2 Å². The third-order valence-electron chi connectivity index (χ3n) is 3.61. The minimum atomic E-state index is -0.214. The molecule has 5 heteroatoms. The molecule has 3 rings (SSSR count). The fraction of sp³-hybridized carbons (Fsp3) is 0.667. The van der Waals surface area contributed by atoms with Crippen LogP contribution in [0.5, 0.6) is 0 Å². The summed E-state index contributed by atoms with van der Waals surface area (Å²) >= 11 is 0. The highest BCUT2D eigenvalue weighted by Gasteiger charge is 2.30. The molecule has 1 aliphatic carbocycles. The molecular weight excluding hydrogens is 219 g/mol. The van der Waals surface area contributed by atoms with Gasteiger partial charge in [0.15, 0.2) is 11.6 Å². The van der Waals surface area contributed by atoms with Crippen molar-refractivity contribution in [2.75, 3.05) is 25.0 Å². The lowest BCUT2D eigenvalue weighted by atomic mass is 10.1. The summed E-state index contributed by atoms with van der Waals surface area (Å²) < 4.78 is 14.2. The second-order valence-electron chi connectivity index (χ2n) is 5.00. The Kier molecular flexibility index (Phi) is 2.70. The molecule has 1 saturated heterocycles. The topological polar surface area (TPSA) is 41.0 Å². The van der Waals surface area contributed by atoms with Gasteiger partial charge in [-0.25, -0.2) is 14.4 Å². The lowest BCUT2D eigenvalue weighted by Gasteiger charge is -2.40. The van der Waals surface area contributed by atoms with Crippen LogP contribution in [0, 0.1) is 11.7 Å². The van der Waals surface area contributed by atoms with E-state index in [4.69, 9.17) is 0 Å². The monoisotopic (exact) mass is 236 g/mol. The van der Waals surface area contributed by atoms with Crippen molar-refractivity contribution in [3.63, 3.8) is 0 Å². The molecule has 1 aromatic rings. The van der Waals surface area contributed by atoms with Crippen molar-refractivity contribution in [3.8, 4) is 0 Å². The van der Waals surface area contributed by atoms with Gasteiger partial charge in [-0.3, -0.25) is 0 Å². The zero-order valence-electron chi connectivity index (χ0n) is 9.99. The fourth-order valence-electron chi connectivity index (χ4n) is 2.19. The number of likely N-dealkylation sites (N-methyl/N-ethyl adjacent to an activating group) is 1. The molecule has 0 bridgehead atoms. The van der Waals surface area contributed by atoms with Gasteiger partial charge in [0.05, 0.1) is 5.69 Å². The summed E-state index contributed by atoms with van der Waals surface area (Å²) in [6.07, 6.45) is 4.68. The van der Waals surface area contributed by atoms with Gasteiger partial charge in [-0.15, -0.1) is 0 Å². The van der Waals surface area contributed by atoms with Crippen LogP contribution in [-0.2, 0) is 6.42 Å². The SMILES string of the molecule is CNC1CN(c2ncnc(CC3CC3)c2F)C1. The standard InChI is InChI=1S/C12H17FN4/c1-14-9-5-17(6-9)12-11(13)10(15-7-16-12)4-8-2-3-8/h7-9,14H,2-6H2,1H3. The predicted molar refractivity (Wildman–Crippen MR) is 63.5 cm³/mol. The summed E-state index contributed by atoms with van der Waals surface area (Å²) in [4.78, 5) is 10.1. The Labute approximate surface area is 100 Å². The molecular formula is C12H17FN4. The zero-order valence-corrected chi connectivity index (χ0v) is 9.99. The van der Waals surface area contributed by atoms with E-state index in [1.807, 2.05) is 11.9 Å². The van der Waals surface area contributed by atoms with Gasteiger partial charge in [0, 0.05) is 19.1 Å². The molecule has 1 aliphatic heterocycles. The second kappa shape index (κ2) is 4.22. The molecule has 0 amide bonds. The van der Waals surface area contributed by atoms with Crippen molar-refractivity contribution in [2.24, 2.45) is 5.92 Å². The third-order valence-corrected chi connectivity index (χ3v) is 3.61. The van der Waals surface area contributed by atoms with Gasteiger partial charge in [-0.1, -0.05) is 0 Å². The molecule has 0 radical (unpaired) electrons. The Hall–Kier alpha value is -1.23. The summed E-state index contributed by atoms with van der Waals surface area (Å²) in [5.74, 6) is 0.907. The fourth-order valence-corrected chi connectivity index (χ4v) is 2.19. The lowest BCUT2D eigenvalue weighted by Crippen LogP contribution is -2.57. The molecule has 4 nitrogen and oxygen atoms in total. The summed E-state index contributed by atoms with van der Waals surface area (Å²) in [7, 11) is 1.93. The molecule has 0 unspecified atom stereocenters. The first-order valence-corrected chi connectivity index (χ1v) is 6.19. The average Bonchev–Trinajstić information content (AvgIpc) is 3.06. The third kappa shape index (κ3) is 2.11. The van der Waals surface area contributed by atoms with E-state index in [-0.39, 0.29) is 5.82 Å². The maximum absolute atomic E-state index is 14.2. The van der Waals surface area contributed by atoms with Crippen molar-refractivity contribution >= 4 is 5.82 Å². The molecule has 0 spiro atoms. The van der Waals surface area contributed by atoms with Gasteiger partial charge in [-0.05, 0) is 32.2 Å². The van der Waals surface area contributed by atoms with Crippen molar-refractivity contribution in [1.29, 1.82) is 0 Å². The maximum atomic E-state index is 14.2. The number of nitrogens with zero attached hydrogens (tertiary/aromatic N) is 3. The molecule has 1 N–H and O–H groups in total. The van der Waals surface area contributed by atoms with E-state index in [1.54, 1.807) is 0 Å². The highest BCUT2D eigenvalue weighted by Crippen LogP contribution is 2.33. The molecule has 2 aliphatic rings. The van der Waals surface area contributed by atoms with Crippen LogP contribution in [0.3, 0.4) is 0 Å². The van der Waals surface area contributed by atoms with Gasteiger partial charge in [0.2, 0.25) is 0 Å². The molecule has 17 heavy (non-hydrogen) atoms. The van der Waals surface area contributed by atoms with E-state index in [0.29, 0.717) is 23.5 Å². The number of aromatic nitrogens is 2. The van der Waals surface area contributed by atoms with Crippen LogP contribution in [0.15, 0.2) is 6.33 Å². The predicted octanol–water partition coefficient (Wildman–Crippen LogP) is 0.976. The maximum Gasteiger partial charge on any atom is 0.187 e. The van der Waals surface area contributed by atoms with Gasteiger partial charge < -0.3 is 10.2 Å². The lowest BCUT2D eigenvalue weighted by molar-refractivity contribution is 0.436. The van der Waals surface area contributed by atoms with Crippen molar-refractivity contribution < 1.29 is 4.39 Å². The van der Waals surface area contributed by atoms with E-state index in [0.717, 1.165) is 19.5 Å².